The summed E-state index contributed by atoms with van der Waals surface area (Å²) < 4.78 is 0. The largest absolute Gasteiger partial charge is 0.0625 e. The standard InChI is InChI=1S/C51H84/c1-27(2)42-26-39-38-24-32(43-29(5)14-13-15-30(43)6)23-33-22-31-18-20-37-35-16-11-12-17-36(35)44-40-25-34(49(7,8)28(3)4)19-21-41(40)51(46(33)38,47(31)45(37)44)48(39)50(42,9)10/h27-48H,11-26H2,1-10H3. The maximum Gasteiger partial charge on any atom is -0.0163 e. The van der Waals surface area contributed by atoms with Crippen LogP contribution in [0.4, 0.5) is 0 Å². The molecule has 0 bridgehead atoms. The van der Waals surface area contributed by atoms with Crippen LogP contribution in [0.2, 0.25) is 0 Å². The molecule has 51 heavy (non-hydrogen) atoms. The Morgan fingerprint density at radius 1 is 0.529 bits per heavy atom. The van der Waals surface area contributed by atoms with Crippen molar-refractivity contribution in [1.29, 1.82) is 0 Å². The molecule has 10 saturated carbocycles. The highest BCUT2D eigenvalue weighted by Crippen LogP contribution is 2.86. The Balaban J connectivity index is 1.15. The molecule has 288 valence electrons. The molecule has 0 aromatic carbocycles. The molecule has 0 aromatic rings. The molecule has 0 aliphatic heterocycles. The van der Waals surface area contributed by atoms with Crippen LogP contribution in [0.3, 0.4) is 0 Å². The zero-order valence-electron chi connectivity index (χ0n) is 35.5. The number of hydrogen-bond acceptors (Lipinski definition) is 0. The van der Waals surface area contributed by atoms with Crippen LogP contribution in [-0.2, 0) is 0 Å². The molecule has 0 amide bonds. The molecule has 0 nitrogen and oxygen atoms in total. The summed E-state index contributed by atoms with van der Waals surface area (Å²) in [5, 5.41) is 0. The highest BCUT2D eigenvalue weighted by Gasteiger charge is 2.81. The molecule has 0 heterocycles. The van der Waals surface area contributed by atoms with Gasteiger partial charge < -0.3 is 0 Å². The number of fused-ring (bicyclic) bond motifs is 7. The number of rotatable bonds is 4. The van der Waals surface area contributed by atoms with E-state index in [1.54, 1.807) is 83.5 Å². The second kappa shape index (κ2) is 12.0. The van der Waals surface area contributed by atoms with Crippen LogP contribution in [0.1, 0.15) is 172 Å². The lowest BCUT2D eigenvalue weighted by Crippen LogP contribution is -2.68. The third kappa shape index (κ3) is 4.56. The fourth-order valence-corrected chi connectivity index (χ4v) is 21.6. The minimum atomic E-state index is 0.481. The van der Waals surface area contributed by atoms with Gasteiger partial charge in [0.05, 0.1) is 0 Å². The smallest absolute Gasteiger partial charge is 0.0163 e. The van der Waals surface area contributed by atoms with Crippen LogP contribution in [0, 0.1) is 146 Å². The van der Waals surface area contributed by atoms with Gasteiger partial charge in [-0.25, -0.2) is 0 Å². The maximum absolute atomic E-state index is 2.92. The normalized spacial score (nSPS) is 58.1. The van der Waals surface area contributed by atoms with Gasteiger partial charge in [-0.2, -0.15) is 0 Å². The summed E-state index contributed by atoms with van der Waals surface area (Å²) in [6.45, 7) is 27.1. The average molecular weight is 697 g/mol. The first kappa shape index (κ1) is 35.4. The second-order valence-electron chi connectivity index (χ2n) is 25.0. The van der Waals surface area contributed by atoms with Crippen molar-refractivity contribution in [3.05, 3.63) is 0 Å². The highest BCUT2D eigenvalue weighted by molar-refractivity contribution is 5.28. The van der Waals surface area contributed by atoms with Gasteiger partial charge in [0.1, 0.15) is 0 Å². The maximum atomic E-state index is 2.92. The van der Waals surface area contributed by atoms with E-state index in [1.165, 1.54) is 19.3 Å². The quantitative estimate of drug-likeness (QED) is 0.274. The Hall–Kier alpha value is 0. The first-order chi connectivity index (χ1) is 24.3. The Labute approximate surface area is 317 Å². The van der Waals surface area contributed by atoms with Gasteiger partial charge in [0.25, 0.3) is 0 Å². The van der Waals surface area contributed by atoms with Crippen LogP contribution in [0.15, 0.2) is 0 Å². The Morgan fingerprint density at radius 3 is 1.92 bits per heavy atom. The van der Waals surface area contributed by atoms with Crippen molar-refractivity contribution in [3.8, 4) is 0 Å². The highest BCUT2D eigenvalue weighted by atomic mass is 14.9. The first-order valence-electron chi connectivity index (χ1n) is 24.3. The van der Waals surface area contributed by atoms with Crippen molar-refractivity contribution in [3.63, 3.8) is 0 Å². The monoisotopic (exact) mass is 697 g/mol. The predicted molar refractivity (Wildman–Crippen MR) is 215 cm³/mol. The van der Waals surface area contributed by atoms with Crippen molar-refractivity contribution in [2.24, 2.45) is 146 Å². The van der Waals surface area contributed by atoms with E-state index in [1.807, 2.05) is 0 Å². The predicted octanol–water partition coefficient (Wildman–Crippen LogP) is 14.1. The van der Waals surface area contributed by atoms with Crippen LogP contribution in [-0.4, -0.2) is 0 Å². The van der Waals surface area contributed by atoms with Crippen molar-refractivity contribution in [1.82, 2.24) is 0 Å². The summed E-state index contributed by atoms with van der Waals surface area (Å²) in [6, 6.07) is 0. The molecule has 20 atom stereocenters. The summed E-state index contributed by atoms with van der Waals surface area (Å²) in [6.07, 6.45) is 25.6. The van der Waals surface area contributed by atoms with Gasteiger partial charge in [-0.15, -0.1) is 0 Å². The molecular formula is C51H84. The fraction of sp³-hybridized carbons (Fsp3) is 1.00. The topological polar surface area (TPSA) is 0 Å². The van der Waals surface area contributed by atoms with Gasteiger partial charge in [0.2, 0.25) is 0 Å². The van der Waals surface area contributed by atoms with Crippen LogP contribution >= 0.6 is 0 Å². The van der Waals surface area contributed by atoms with Crippen molar-refractivity contribution in [2.45, 2.75) is 172 Å². The van der Waals surface area contributed by atoms with E-state index in [0.29, 0.717) is 16.2 Å². The molecule has 10 rings (SSSR count). The van der Waals surface area contributed by atoms with Gasteiger partial charge in [-0.1, -0.05) is 101 Å². The average Bonchev–Trinajstić information content (AvgIpc) is 3.69. The number of hydrogen-bond donors (Lipinski definition) is 0. The molecule has 20 unspecified atom stereocenters. The second-order valence-corrected chi connectivity index (χ2v) is 25.0. The van der Waals surface area contributed by atoms with E-state index >= 15 is 0 Å². The SMILES string of the molecule is CC(C)C1CC2C3CC(C4C(C)CCCC4C)CC4CC5CCC6C7CCCCC7C7C8CC(C(C)(C)C(C)C)CCC8C(C43)(C5C67)C2C1(C)C. The lowest BCUT2D eigenvalue weighted by atomic mass is 9.32. The zero-order chi connectivity index (χ0) is 35.5. The van der Waals surface area contributed by atoms with Gasteiger partial charge in [-0.3, -0.25) is 0 Å². The fourth-order valence-electron chi connectivity index (χ4n) is 21.6. The van der Waals surface area contributed by atoms with E-state index in [4.69, 9.17) is 0 Å². The lowest BCUT2D eigenvalue weighted by Gasteiger charge is -2.73. The van der Waals surface area contributed by atoms with Gasteiger partial charge in [-0.05, 0) is 217 Å². The molecule has 0 N–H and O–H groups in total. The van der Waals surface area contributed by atoms with Crippen LogP contribution < -0.4 is 0 Å². The van der Waals surface area contributed by atoms with Crippen molar-refractivity contribution in [2.75, 3.05) is 0 Å². The van der Waals surface area contributed by atoms with Gasteiger partial charge in [0.15, 0.2) is 0 Å². The molecule has 10 aliphatic rings. The van der Waals surface area contributed by atoms with E-state index < -0.39 is 0 Å². The summed E-state index contributed by atoms with van der Waals surface area (Å²) in [7, 11) is 0. The molecular weight excluding hydrogens is 613 g/mol. The molecule has 1 spiro atoms. The van der Waals surface area contributed by atoms with E-state index in [-0.39, 0.29) is 0 Å². The van der Waals surface area contributed by atoms with E-state index in [2.05, 4.69) is 69.2 Å². The van der Waals surface area contributed by atoms with Crippen molar-refractivity contribution >= 4 is 0 Å². The first-order valence-corrected chi connectivity index (χ1v) is 24.3. The van der Waals surface area contributed by atoms with Crippen molar-refractivity contribution < 1.29 is 0 Å². The molecule has 10 aliphatic carbocycles. The van der Waals surface area contributed by atoms with E-state index in [0.717, 1.165) is 130 Å². The van der Waals surface area contributed by atoms with Crippen LogP contribution in [0.25, 0.3) is 0 Å². The van der Waals surface area contributed by atoms with E-state index in [9.17, 15) is 0 Å². The summed E-state index contributed by atoms with van der Waals surface area (Å²) in [5.74, 6) is 22.7. The molecule has 0 radical (unpaired) electrons. The minimum absolute atomic E-state index is 0.481. The summed E-state index contributed by atoms with van der Waals surface area (Å²) >= 11 is 0. The molecule has 10 fully saturated rings. The Morgan fingerprint density at radius 2 is 1.22 bits per heavy atom. The molecule has 0 aromatic heterocycles. The zero-order valence-corrected chi connectivity index (χ0v) is 35.5. The third-order valence-corrected chi connectivity index (χ3v) is 22.9. The lowest BCUT2D eigenvalue weighted by molar-refractivity contribution is -0.253. The Kier molecular flexibility index (Phi) is 8.34. The molecule has 0 saturated heterocycles. The van der Waals surface area contributed by atoms with Gasteiger partial charge in [0, 0.05) is 0 Å². The Bertz CT molecular complexity index is 1310. The van der Waals surface area contributed by atoms with Gasteiger partial charge >= 0.3 is 0 Å². The summed E-state index contributed by atoms with van der Waals surface area (Å²) in [5.41, 5.74) is 1.66. The van der Waals surface area contributed by atoms with Crippen LogP contribution in [0.5, 0.6) is 0 Å². The third-order valence-electron chi connectivity index (χ3n) is 22.9. The summed E-state index contributed by atoms with van der Waals surface area (Å²) in [4.78, 5) is 0. The molecule has 0 heteroatoms. The minimum Gasteiger partial charge on any atom is -0.0625 e.